The number of halogens is 2. The van der Waals surface area contributed by atoms with Crippen LogP contribution in [0.4, 0.5) is 0 Å². The van der Waals surface area contributed by atoms with Gasteiger partial charge in [-0.2, -0.15) is 0 Å². The van der Waals surface area contributed by atoms with Gasteiger partial charge in [0.1, 0.15) is 5.15 Å². The van der Waals surface area contributed by atoms with Gasteiger partial charge in [-0.3, -0.25) is 0 Å². The van der Waals surface area contributed by atoms with Crippen molar-refractivity contribution >= 4 is 23.2 Å². The highest BCUT2D eigenvalue weighted by atomic mass is 35.5. The molecule has 70 valence electrons. The van der Waals surface area contributed by atoms with E-state index < -0.39 is 0 Å². The molecule has 0 spiro atoms. The number of hydrogen-bond acceptors (Lipinski definition) is 2. The third kappa shape index (κ3) is 1.42. The van der Waals surface area contributed by atoms with E-state index in [1.165, 1.54) is 0 Å². The van der Waals surface area contributed by atoms with E-state index in [4.69, 9.17) is 23.2 Å². The molecule has 1 aliphatic carbocycles. The van der Waals surface area contributed by atoms with E-state index in [2.05, 4.69) is 23.8 Å². The molecule has 0 amide bonds. The van der Waals surface area contributed by atoms with Crippen molar-refractivity contribution < 1.29 is 0 Å². The van der Waals surface area contributed by atoms with Gasteiger partial charge in [0, 0.05) is 5.56 Å². The van der Waals surface area contributed by atoms with E-state index in [0.29, 0.717) is 5.15 Å². The van der Waals surface area contributed by atoms with E-state index in [1.807, 2.05) is 0 Å². The number of nitrogens with zero attached hydrogens (tertiary/aromatic N) is 2. The fourth-order valence-electron chi connectivity index (χ4n) is 1.85. The minimum atomic E-state index is 0.0943. The van der Waals surface area contributed by atoms with Gasteiger partial charge >= 0.3 is 0 Å². The lowest BCUT2D eigenvalue weighted by atomic mass is 9.88. The molecule has 1 aliphatic rings. The van der Waals surface area contributed by atoms with Crippen molar-refractivity contribution in [1.82, 2.24) is 9.97 Å². The quantitative estimate of drug-likeness (QED) is 0.493. The second-order valence-corrected chi connectivity index (χ2v) is 4.69. The van der Waals surface area contributed by atoms with E-state index >= 15 is 0 Å². The van der Waals surface area contributed by atoms with Gasteiger partial charge in [-0.15, -0.1) is 0 Å². The van der Waals surface area contributed by atoms with Gasteiger partial charge in [0.2, 0.25) is 5.28 Å². The van der Waals surface area contributed by atoms with Crippen LogP contribution in [0, 0.1) is 0 Å². The lowest BCUT2D eigenvalue weighted by Crippen LogP contribution is -2.13. The van der Waals surface area contributed by atoms with Gasteiger partial charge in [0.05, 0.1) is 5.69 Å². The fraction of sp³-hybridized carbons (Fsp3) is 0.556. The van der Waals surface area contributed by atoms with Crippen LogP contribution in [0.3, 0.4) is 0 Å². The van der Waals surface area contributed by atoms with Crippen molar-refractivity contribution in [2.45, 2.75) is 32.1 Å². The first-order valence-electron chi connectivity index (χ1n) is 4.23. The third-order valence-electron chi connectivity index (χ3n) is 2.58. The smallest absolute Gasteiger partial charge is 0.223 e. The number of fused-ring (bicyclic) bond motifs is 1. The molecule has 1 aromatic rings. The van der Waals surface area contributed by atoms with E-state index in [9.17, 15) is 0 Å². The topological polar surface area (TPSA) is 25.8 Å². The summed E-state index contributed by atoms with van der Waals surface area (Å²) >= 11 is 11.7. The van der Waals surface area contributed by atoms with Crippen molar-refractivity contribution in [2.75, 3.05) is 0 Å². The van der Waals surface area contributed by atoms with Gasteiger partial charge in [-0.25, -0.2) is 9.97 Å². The highest BCUT2D eigenvalue weighted by Crippen LogP contribution is 2.40. The Hall–Kier alpha value is -0.340. The zero-order valence-electron chi connectivity index (χ0n) is 7.56. The monoisotopic (exact) mass is 216 g/mol. The Labute approximate surface area is 87.3 Å². The average Bonchev–Trinajstić information content (AvgIpc) is 2.26. The van der Waals surface area contributed by atoms with Gasteiger partial charge in [0.25, 0.3) is 0 Å². The number of aromatic nitrogens is 2. The standard InChI is InChI=1S/C9H10Cl2N2/c1-9(2)4-3-5-6(9)7(10)13-8(11)12-5/h3-4H2,1-2H3. The van der Waals surface area contributed by atoms with Crippen LogP contribution in [-0.4, -0.2) is 9.97 Å². The molecule has 2 nitrogen and oxygen atoms in total. The lowest BCUT2D eigenvalue weighted by Gasteiger charge is -2.18. The first-order chi connectivity index (χ1) is 6.00. The molecule has 0 atom stereocenters. The fourth-order valence-corrected chi connectivity index (χ4v) is 2.53. The molecule has 0 unspecified atom stereocenters. The van der Waals surface area contributed by atoms with Crippen LogP contribution >= 0.6 is 23.2 Å². The molecule has 0 saturated heterocycles. The van der Waals surface area contributed by atoms with E-state index in [-0.39, 0.29) is 10.7 Å². The molecular formula is C9H10Cl2N2. The summed E-state index contributed by atoms with van der Waals surface area (Å²) in [5, 5.41) is 0.763. The molecule has 0 bridgehead atoms. The summed E-state index contributed by atoms with van der Waals surface area (Å²) in [6.45, 7) is 4.31. The maximum Gasteiger partial charge on any atom is 0.224 e. The summed E-state index contributed by atoms with van der Waals surface area (Å²) in [4.78, 5) is 8.14. The van der Waals surface area contributed by atoms with E-state index in [0.717, 1.165) is 24.1 Å². The van der Waals surface area contributed by atoms with Crippen LogP contribution in [0.1, 0.15) is 31.5 Å². The number of aryl methyl sites for hydroxylation is 1. The van der Waals surface area contributed by atoms with E-state index in [1.54, 1.807) is 0 Å². The van der Waals surface area contributed by atoms with Gasteiger partial charge in [-0.1, -0.05) is 25.4 Å². The molecule has 0 N–H and O–H groups in total. The second-order valence-electron chi connectivity index (χ2n) is 3.99. The number of hydrogen-bond donors (Lipinski definition) is 0. The summed E-state index contributed by atoms with van der Waals surface area (Å²) in [5.74, 6) is 0. The highest BCUT2D eigenvalue weighted by molar-refractivity contribution is 6.32. The predicted octanol–water partition coefficient (Wildman–Crippen LogP) is 3.01. The van der Waals surface area contributed by atoms with Crippen LogP contribution in [0.15, 0.2) is 0 Å². The summed E-state index contributed by atoms with van der Waals surface area (Å²) in [6.07, 6.45) is 2.02. The molecule has 4 heteroatoms. The average molecular weight is 217 g/mol. The van der Waals surface area contributed by atoms with Crippen molar-refractivity contribution in [3.05, 3.63) is 21.7 Å². The second kappa shape index (κ2) is 2.82. The number of rotatable bonds is 0. The van der Waals surface area contributed by atoms with Crippen LogP contribution in [0.2, 0.25) is 10.4 Å². The molecule has 0 aliphatic heterocycles. The van der Waals surface area contributed by atoms with Gasteiger partial charge in [-0.05, 0) is 29.9 Å². The molecule has 0 fully saturated rings. The summed E-state index contributed by atoms with van der Waals surface area (Å²) < 4.78 is 0. The van der Waals surface area contributed by atoms with Crippen molar-refractivity contribution in [3.8, 4) is 0 Å². The Morgan fingerprint density at radius 2 is 1.92 bits per heavy atom. The summed E-state index contributed by atoms with van der Waals surface area (Å²) in [7, 11) is 0. The van der Waals surface area contributed by atoms with Crippen molar-refractivity contribution in [1.29, 1.82) is 0 Å². The Morgan fingerprint density at radius 3 is 2.62 bits per heavy atom. The summed E-state index contributed by atoms with van der Waals surface area (Å²) in [6, 6.07) is 0. The highest BCUT2D eigenvalue weighted by Gasteiger charge is 2.34. The molecule has 2 rings (SSSR count). The minimum Gasteiger partial charge on any atom is -0.223 e. The molecule has 0 saturated carbocycles. The van der Waals surface area contributed by atoms with Crippen LogP contribution < -0.4 is 0 Å². The molecule has 1 aromatic heterocycles. The first kappa shape index (κ1) is 9.22. The third-order valence-corrected chi connectivity index (χ3v) is 3.02. The Balaban J connectivity index is 2.65. The van der Waals surface area contributed by atoms with Crippen LogP contribution in [0.25, 0.3) is 0 Å². The largest absolute Gasteiger partial charge is 0.224 e. The zero-order chi connectivity index (χ0) is 9.64. The molecule has 0 aromatic carbocycles. The Morgan fingerprint density at radius 1 is 1.23 bits per heavy atom. The minimum absolute atomic E-state index is 0.0943. The lowest BCUT2D eigenvalue weighted by molar-refractivity contribution is 0.521. The molecule has 13 heavy (non-hydrogen) atoms. The van der Waals surface area contributed by atoms with Crippen molar-refractivity contribution in [2.24, 2.45) is 0 Å². The molecule has 1 heterocycles. The van der Waals surface area contributed by atoms with Crippen molar-refractivity contribution in [3.63, 3.8) is 0 Å². The maximum atomic E-state index is 6.02. The van der Waals surface area contributed by atoms with Crippen LogP contribution in [0.5, 0.6) is 0 Å². The van der Waals surface area contributed by atoms with Gasteiger partial charge in [0.15, 0.2) is 0 Å². The normalized spacial score (nSPS) is 18.8. The Bertz CT molecular complexity index is 361. The molecular weight excluding hydrogens is 207 g/mol. The van der Waals surface area contributed by atoms with Crippen LogP contribution in [-0.2, 0) is 11.8 Å². The molecule has 0 radical (unpaired) electrons. The SMILES string of the molecule is CC1(C)CCc2nc(Cl)nc(Cl)c21. The Kier molecular flexibility index (Phi) is 2.00. The predicted molar refractivity (Wildman–Crippen MR) is 53.4 cm³/mol. The first-order valence-corrected chi connectivity index (χ1v) is 4.99. The van der Waals surface area contributed by atoms with Gasteiger partial charge < -0.3 is 0 Å². The maximum absolute atomic E-state index is 6.02. The summed E-state index contributed by atoms with van der Waals surface area (Å²) in [5.41, 5.74) is 2.17. The zero-order valence-corrected chi connectivity index (χ0v) is 9.08.